The minimum atomic E-state index is -2.96. The van der Waals surface area contributed by atoms with Crippen molar-refractivity contribution in [3.63, 3.8) is 0 Å². The molecule has 2 aromatic carbocycles. The molecule has 9 heteroatoms. The molecule has 0 aliphatic carbocycles. The molecule has 7 nitrogen and oxygen atoms in total. The molecule has 2 rings (SSSR count). The third-order valence-electron chi connectivity index (χ3n) is 3.89. The average molecular weight is 380 g/mol. The smallest absolute Gasteiger partial charge is 0.387 e. The Bertz CT molecular complexity index is 842. The molecule has 2 aromatic rings. The van der Waals surface area contributed by atoms with Crippen LogP contribution in [-0.2, 0) is 6.42 Å². The van der Waals surface area contributed by atoms with Gasteiger partial charge in [0.15, 0.2) is 11.5 Å². The number of nitro benzene ring substituents is 1. The lowest BCUT2D eigenvalue weighted by molar-refractivity contribution is -0.385. The van der Waals surface area contributed by atoms with Gasteiger partial charge in [-0.2, -0.15) is 8.78 Å². The van der Waals surface area contributed by atoms with Crippen molar-refractivity contribution in [1.29, 1.82) is 0 Å². The summed E-state index contributed by atoms with van der Waals surface area (Å²) < 4.78 is 34.0. The molecule has 0 radical (unpaired) electrons. The molecule has 0 aliphatic heterocycles. The van der Waals surface area contributed by atoms with E-state index in [4.69, 9.17) is 4.74 Å². The Morgan fingerprint density at radius 1 is 1.26 bits per heavy atom. The van der Waals surface area contributed by atoms with E-state index in [1.54, 1.807) is 12.1 Å². The maximum absolute atomic E-state index is 12.3. The van der Waals surface area contributed by atoms with Gasteiger partial charge in [0, 0.05) is 23.7 Å². The number of rotatable bonds is 8. The number of alkyl halides is 2. The van der Waals surface area contributed by atoms with E-state index in [2.05, 4.69) is 10.1 Å². The van der Waals surface area contributed by atoms with Crippen LogP contribution in [0.1, 0.15) is 21.5 Å². The first-order valence-corrected chi connectivity index (χ1v) is 7.97. The minimum Gasteiger partial charge on any atom is -0.493 e. The summed E-state index contributed by atoms with van der Waals surface area (Å²) in [4.78, 5) is 22.7. The van der Waals surface area contributed by atoms with Crippen molar-refractivity contribution in [2.45, 2.75) is 20.0 Å². The first kappa shape index (κ1) is 20.1. The Kier molecular flexibility index (Phi) is 6.64. The second-order valence-electron chi connectivity index (χ2n) is 5.58. The summed E-state index contributed by atoms with van der Waals surface area (Å²) in [5, 5.41) is 13.6. The van der Waals surface area contributed by atoms with Crippen molar-refractivity contribution in [3.05, 3.63) is 63.2 Å². The van der Waals surface area contributed by atoms with E-state index in [0.29, 0.717) is 6.42 Å². The van der Waals surface area contributed by atoms with E-state index < -0.39 is 17.4 Å². The molecule has 0 spiro atoms. The van der Waals surface area contributed by atoms with Crippen molar-refractivity contribution in [3.8, 4) is 11.5 Å². The van der Waals surface area contributed by atoms with Crippen molar-refractivity contribution in [2.75, 3.05) is 13.7 Å². The highest BCUT2D eigenvalue weighted by molar-refractivity contribution is 5.96. The van der Waals surface area contributed by atoms with Crippen molar-refractivity contribution in [1.82, 2.24) is 5.32 Å². The molecule has 0 bridgehead atoms. The van der Waals surface area contributed by atoms with Crippen molar-refractivity contribution in [2.24, 2.45) is 0 Å². The summed E-state index contributed by atoms with van der Waals surface area (Å²) in [6, 6.07) is 8.80. The van der Waals surface area contributed by atoms with Crippen LogP contribution in [0.2, 0.25) is 0 Å². The van der Waals surface area contributed by atoms with Gasteiger partial charge >= 0.3 is 6.61 Å². The SMILES string of the molecule is COc1cc(CCNC(=O)c2cccc([N+](=O)[O-])c2C)ccc1OC(F)F. The lowest BCUT2D eigenvalue weighted by atomic mass is 10.1. The van der Waals surface area contributed by atoms with Gasteiger partial charge in [0.25, 0.3) is 11.6 Å². The maximum atomic E-state index is 12.3. The standard InChI is InChI=1S/C18H18F2N2O5/c1-11-13(4-3-5-14(11)22(24)25)17(23)21-9-8-12-6-7-15(27-18(19)20)16(10-12)26-2/h3-7,10,18H,8-9H2,1-2H3,(H,21,23). The Labute approximate surface area is 154 Å². The molecular weight excluding hydrogens is 362 g/mol. The molecular formula is C18H18F2N2O5. The average Bonchev–Trinajstić information content (AvgIpc) is 2.62. The zero-order chi connectivity index (χ0) is 20.0. The molecule has 0 atom stereocenters. The zero-order valence-electron chi connectivity index (χ0n) is 14.7. The molecule has 0 aliphatic rings. The molecule has 144 valence electrons. The molecule has 0 aromatic heterocycles. The summed E-state index contributed by atoms with van der Waals surface area (Å²) in [6.07, 6.45) is 0.408. The van der Waals surface area contributed by atoms with Crippen LogP contribution in [-0.4, -0.2) is 31.1 Å². The summed E-state index contributed by atoms with van der Waals surface area (Å²) in [5.41, 5.74) is 1.13. The number of nitrogens with one attached hydrogen (secondary N) is 1. The summed E-state index contributed by atoms with van der Waals surface area (Å²) in [7, 11) is 1.34. The fraction of sp³-hybridized carbons (Fsp3) is 0.278. The van der Waals surface area contributed by atoms with Crippen LogP contribution < -0.4 is 14.8 Å². The lowest BCUT2D eigenvalue weighted by Gasteiger charge is -2.12. The Morgan fingerprint density at radius 2 is 2.00 bits per heavy atom. The number of amides is 1. The number of halogens is 2. The van der Waals surface area contributed by atoms with E-state index in [1.807, 2.05) is 0 Å². The molecule has 0 heterocycles. The fourth-order valence-corrected chi connectivity index (χ4v) is 2.54. The lowest BCUT2D eigenvalue weighted by Crippen LogP contribution is -2.26. The Morgan fingerprint density at radius 3 is 2.63 bits per heavy atom. The third-order valence-corrected chi connectivity index (χ3v) is 3.89. The molecule has 1 N–H and O–H groups in total. The number of benzene rings is 2. The summed E-state index contributed by atoms with van der Waals surface area (Å²) in [6.45, 7) is -1.19. The molecule has 0 saturated carbocycles. The van der Waals surface area contributed by atoms with E-state index in [0.717, 1.165) is 5.56 Å². The van der Waals surface area contributed by atoms with E-state index in [-0.39, 0.29) is 34.9 Å². The van der Waals surface area contributed by atoms with Crippen molar-refractivity contribution >= 4 is 11.6 Å². The van der Waals surface area contributed by atoms with Gasteiger partial charge < -0.3 is 14.8 Å². The fourth-order valence-electron chi connectivity index (χ4n) is 2.54. The maximum Gasteiger partial charge on any atom is 0.387 e. The van der Waals surface area contributed by atoms with Gasteiger partial charge in [-0.05, 0) is 37.1 Å². The number of carbonyl (C=O) groups is 1. The predicted octanol–water partition coefficient (Wildman–Crippen LogP) is 3.49. The third kappa shape index (κ3) is 5.13. The van der Waals surface area contributed by atoms with Crippen molar-refractivity contribution < 1.29 is 28.0 Å². The normalized spacial score (nSPS) is 10.6. The van der Waals surface area contributed by atoms with Crippen LogP contribution in [0.15, 0.2) is 36.4 Å². The topological polar surface area (TPSA) is 90.7 Å². The van der Waals surface area contributed by atoms with E-state index in [1.165, 1.54) is 38.3 Å². The van der Waals surface area contributed by atoms with Gasteiger partial charge in [-0.3, -0.25) is 14.9 Å². The quantitative estimate of drug-likeness (QED) is 0.559. The second kappa shape index (κ2) is 8.93. The number of carbonyl (C=O) groups excluding carboxylic acids is 1. The molecule has 0 fully saturated rings. The van der Waals surface area contributed by atoms with Crippen LogP contribution in [0.5, 0.6) is 11.5 Å². The van der Waals surface area contributed by atoms with E-state index >= 15 is 0 Å². The first-order chi connectivity index (χ1) is 12.8. The summed E-state index contributed by atoms with van der Waals surface area (Å²) in [5.74, 6) is -0.345. The number of nitrogens with zero attached hydrogens (tertiary/aromatic N) is 1. The number of hydrogen-bond donors (Lipinski definition) is 1. The van der Waals surface area contributed by atoms with Gasteiger partial charge in [-0.1, -0.05) is 12.1 Å². The minimum absolute atomic E-state index is 0.0764. The number of ether oxygens (including phenoxy) is 2. The summed E-state index contributed by atoms with van der Waals surface area (Å²) >= 11 is 0. The molecule has 0 unspecified atom stereocenters. The van der Waals surface area contributed by atoms with Crippen LogP contribution in [0.3, 0.4) is 0 Å². The largest absolute Gasteiger partial charge is 0.493 e. The number of nitro groups is 1. The number of hydrogen-bond acceptors (Lipinski definition) is 5. The van der Waals surface area contributed by atoms with E-state index in [9.17, 15) is 23.7 Å². The molecule has 0 saturated heterocycles. The Balaban J connectivity index is 2.01. The predicted molar refractivity (Wildman–Crippen MR) is 93.5 cm³/mol. The molecule has 27 heavy (non-hydrogen) atoms. The molecule has 1 amide bonds. The van der Waals surface area contributed by atoms with Gasteiger partial charge in [-0.15, -0.1) is 0 Å². The highest BCUT2D eigenvalue weighted by Crippen LogP contribution is 2.29. The van der Waals surface area contributed by atoms with Crippen LogP contribution in [0, 0.1) is 17.0 Å². The highest BCUT2D eigenvalue weighted by Gasteiger charge is 2.17. The number of methoxy groups -OCH3 is 1. The van der Waals surface area contributed by atoms with Crippen LogP contribution in [0.4, 0.5) is 14.5 Å². The van der Waals surface area contributed by atoms with Gasteiger partial charge in [0.2, 0.25) is 0 Å². The Hall–Kier alpha value is -3.23. The second-order valence-corrected chi connectivity index (χ2v) is 5.58. The highest BCUT2D eigenvalue weighted by atomic mass is 19.3. The van der Waals surface area contributed by atoms with Gasteiger partial charge in [0.05, 0.1) is 12.0 Å². The first-order valence-electron chi connectivity index (χ1n) is 7.97. The van der Waals surface area contributed by atoms with Gasteiger partial charge in [0.1, 0.15) is 0 Å². The van der Waals surface area contributed by atoms with Crippen LogP contribution >= 0.6 is 0 Å². The van der Waals surface area contributed by atoms with Gasteiger partial charge in [-0.25, -0.2) is 0 Å². The van der Waals surface area contributed by atoms with Crippen LogP contribution in [0.25, 0.3) is 0 Å². The zero-order valence-corrected chi connectivity index (χ0v) is 14.7. The monoisotopic (exact) mass is 380 g/mol.